The number of aromatic nitrogens is 1. The Labute approximate surface area is 142 Å². The maximum absolute atomic E-state index is 12.7. The Morgan fingerprint density at radius 3 is 2.75 bits per heavy atom. The van der Waals surface area contributed by atoms with E-state index in [4.69, 9.17) is 4.74 Å². The largest absolute Gasteiger partial charge is 0.371 e. The van der Waals surface area contributed by atoms with Crippen LogP contribution in [-0.2, 0) is 4.74 Å². The van der Waals surface area contributed by atoms with Crippen LogP contribution in [-0.4, -0.2) is 52.4 Å². The molecular weight excluding hydrogens is 304 g/mol. The molecule has 2 aliphatic heterocycles. The summed E-state index contributed by atoms with van der Waals surface area (Å²) in [5.74, 6) is 0. The first kappa shape index (κ1) is 15.6. The standard InChI is InChI=1S/C18H24N4O2/c23-18(21-12-16(13-21)24-15-6-2-1-3-7-15)22-17(8-10-20-22)14-5-4-9-19-11-14/h4-5,9-11,15-17H,1-3,6-8,12-13H2/t17-/m0/s1. The van der Waals surface area contributed by atoms with Gasteiger partial charge in [-0.05, 0) is 24.5 Å². The molecule has 1 aromatic heterocycles. The van der Waals surface area contributed by atoms with Crippen molar-refractivity contribution in [2.24, 2.45) is 5.10 Å². The number of amides is 2. The van der Waals surface area contributed by atoms with Gasteiger partial charge in [0.05, 0.1) is 31.3 Å². The first-order valence-corrected chi connectivity index (χ1v) is 8.97. The molecule has 4 rings (SSSR count). The van der Waals surface area contributed by atoms with Crippen LogP contribution in [0.2, 0.25) is 0 Å². The minimum Gasteiger partial charge on any atom is -0.371 e. The summed E-state index contributed by atoms with van der Waals surface area (Å²) in [6.07, 6.45) is 12.9. The van der Waals surface area contributed by atoms with Crippen LogP contribution in [0.25, 0.3) is 0 Å². The van der Waals surface area contributed by atoms with Gasteiger partial charge in [-0.1, -0.05) is 25.3 Å². The molecule has 3 heterocycles. The Hall–Kier alpha value is -1.95. The number of carbonyl (C=O) groups excluding carboxylic acids is 1. The molecule has 0 N–H and O–H groups in total. The summed E-state index contributed by atoms with van der Waals surface area (Å²) in [5.41, 5.74) is 1.03. The monoisotopic (exact) mass is 328 g/mol. The van der Waals surface area contributed by atoms with Gasteiger partial charge in [-0.15, -0.1) is 0 Å². The Kier molecular flexibility index (Phi) is 4.47. The van der Waals surface area contributed by atoms with Crippen molar-refractivity contribution in [1.82, 2.24) is 14.9 Å². The average Bonchev–Trinajstić information content (AvgIpc) is 3.09. The van der Waals surface area contributed by atoms with Crippen molar-refractivity contribution in [2.45, 2.75) is 56.8 Å². The second kappa shape index (κ2) is 6.89. The lowest BCUT2D eigenvalue weighted by molar-refractivity contribution is -0.0910. The van der Waals surface area contributed by atoms with E-state index in [1.54, 1.807) is 11.2 Å². The van der Waals surface area contributed by atoms with Crippen LogP contribution in [0.3, 0.4) is 0 Å². The van der Waals surface area contributed by atoms with Crippen LogP contribution in [0, 0.1) is 0 Å². The molecule has 1 saturated carbocycles. The van der Waals surface area contributed by atoms with Crippen LogP contribution in [0.15, 0.2) is 29.6 Å². The fraction of sp³-hybridized carbons (Fsp3) is 0.611. The number of likely N-dealkylation sites (tertiary alicyclic amines) is 1. The number of urea groups is 1. The lowest BCUT2D eigenvalue weighted by Crippen LogP contribution is -2.58. The zero-order chi connectivity index (χ0) is 16.4. The second-order valence-corrected chi connectivity index (χ2v) is 6.89. The predicted octanol–water partition coefficient (Wildman–Crippen LogP) is 2.97. The Morgan fingerprint density at radius 2 is 2.00 bits per heavy atom. The molecule has 1 saturated heterocycles. The maximum atomic E-state index is 12.7. The Morgan fingerprint density at radius 1 is 1.17 bits per heavy atom. The number of carbonyl (C=O) groups is 1. The third-order valence-electron chi connectivity index (χ3n) is 5.15. The molecule has 0 radical (unpaired) electrons. The molecule has 1 aliphatic carbocycles. The van der Waals surface area contributed by atoms with Gasteiger partial charge in [0, 0.05) is 25.0 Å². The first-order chi connectivity index (χ1) is 11.8. The van der Waals surface area contributed by atoms with Gasteiger partial charge in [-0.2, -0.15) is 5.10 Å². The number of hydrogen-bond acceptors (Lipinski definition) is 4. The van der Waals surface area contributed by atoms with Gasteiger partial charge in [0.15, 0.2) is 0 Å². The zero-order valence-corrected chi connectivity index (χ0v) is 13.9. The quantitative estimate of drug-likeness (QED) is 0.857. The van der Waals surface area contributed by atoms with E-state index in [1.807, 2.05) is 29.4 Å². The summed E-state index contributed by atoms with van der Waals surface area (Å²) >= 11 is 0. The van der Waals surface area contributed by atoms with Gasteiger partial charge >= 0.3 is 6.03 Å². The summed E-state index contributed by atoms with van der Waals surface area (Å²) in [4.78, 5) is 18.7. The average molecular weight is 328 g/mol. The lowest BCUT2D eigenvalue weighted by atomic mass is 9.97. The van der Waals surface area contributed by atoms with Gasteiger partial charge in [0.2, 0.25) is 0 Å². The van der Waals surface area contributed by atoms with Gasteiger partial charge in [0.1, 0.15) is 0 Å². The third-order valence-corrected chi connectivity index (χ3v) is 5.15. The van der Waals surface area contributed by atoms with Gasteiger partial charge in [-0.25, -0.2) is 9.80 Å². The molecular formula is C18H24N4O2. The molecule has 128 valence electrons. The molecule has 0 spiro atoms. The lowest BCUT2D eigenvalue weighted by Gasteiger charge is -2.42. The van der Waals surface area contributed by atoms with E-state index in [0.29, 0.717) is 19.2 Å². The van der Waals surface area contributed by atoms with Crippen molar-refractivity contribution in [3.8, 4) is 0 Å². The summed E-state index contributed by atoms with van der Waals surface area (Å²) in [6.45, 7) is 1.36. The van der Waals surface area contributed by atoms with E-state index in [9.17, 15) is 4.79 Å². The van der Waals surface area contributed by atoms with Gasteiger partial charge in [0.25, 0.3) is 0 Å². The van der Waals surface area contributed by atoms with Crippen molar-refractivity contribution in [2.75, 3.05) is 13.1 Å². The number of ether oxygens (including phenoxy) is 1. The van der Waals surface area contributed by atoms with Crippen molar-refractivity contribution in [3.05, 3.63) is 30.1 Å². The van der Waals surface area contributed by atoms with E-state index < -0.39 is 0 Å². The zero-order valence-electron chi connectivity index (χ0n) is 13.9. The maximum Gasteiger partial charge on any atom is 0.341 e. The molecule has 1 aromatic rings. The summed E-state index contributed by atoms with van der Waals surface area (Å²) in [5, 5.41) is 5.88. The van der Waals surface area contributed by atoms with Crippen molar-refractivity contribution < 1.29 is 9.53 Å². The molecule has 2 amide bonds. The van der Waals surface area contributed by atoms with Crippen molar-refractivity contribution in [1.29, 1.82) is 0 Å². The van der Waals surface area contributed by atoms with E-state index in [2.05, 4.69) is 10.1 Å². The third kappa shape index (κ3) is 3.15. The van der Waals surface area contributed by atoms with Crippen molar-refractivity contribution >= 4 is 12.2 Å². The minimum absolute atomic E-state index is 0.0268. The summed E-state index contributed by atoms with van der Waals surface area (Å²) in [6, 6.07) is 3.83. The van der Waals surface area contributed by atoms with Crippen LogP contribution in [0.5, 0.6) is 0 Å². The first-order valence-electron chi connectivity index (χ1n) is 8.97. The van der Waals surface area contributed by atoms with Crippen LogP contribution in [0.1, 0.15) is 50.1 Å². The molecule has 0 aromatic carbocycles. The Bertz CT molecular complexity index is 594. The predicted molar refractivity (Wildman–Crippen MR) is 90.6 cm³/mol. The highest BCUT2D eigenvalue weighted by atomic mass is 16.5. The van der Waals surface area contributed by atoms with Gasteiger partial charge < -0.3 is 9.64 Å². The number of hydrogen-bond donors (Lipinski definition) is 0. The van der Waals surface area contributed by atoms with E-state index in [0.717, 1.165) is 12.0 Å². The van der Waals surface area contributed by atoms with Gasteiger partial charge in [-0.3, -0.25) is 4.98 Å². The molecule has 0 unspecified atom stereocenters. The molecule has 1 atom stereocenters. The van der Waals surface area contributed by atoms with Crippen LogP contribution < -0.4 is 0 Å². The second-order valence-electron chi connectivity index (χ2n) is 6.89. The highest BCUT2D eigenvalue weighted by Gasteiger charge is 2.39. The van der Waals surface area contributed by atoms with Crippen LogP contribution >= 0.6 is 0 Å². The smallest absolute Gasteiger partial charge is 0.341 e. The molecule has 6 nitrogen and oxygen atoms in total. The number of pyridine rings is 1. The normalized spacial score (nSPS) is 25.1. The topological polar surface area (TPSA) is 58.0 Å². The van der Waals surface area contributed by atoms with E-state index in [-0.39, 0.29) is 18.2 Å². The number of nitrogens with zero attached hydrogens (tertiary/aromatic N) is 4. The minimum atomic E-state index is -0.0375. The highest BCUT2D eigenvalue weighted by Crippen LogP contribution is 2.30. The fourth-order valence-corrected chi connectivity index (χ4v) is 3.75. The summed E-state index contributed by atoms with van der Waals surface area (Å²) < 4.78 is 6.12. The molecule has 0 bridgehead atoms. The number of rotatable bonds is 3. The number of hydrazone groups is 1. The molecule has 2 fully saturated rings. The molecule has 3 aliphatic rings. The Balaban J connectivity index is 1.31. The van der Waals surface area contributed by atoms with Crippen molar-refractivity contribution in [3.63, 3.8) is 0 Å². The SMILES string of the molecule is O=C(N1CC(OC2CCCCC2)C1)N1N=CC[C@H]1c1cccnc1. The summed E-state index contributed by atoms with van der Waals surface area (Å²) in [7, 11) is 0. The fourth-order valence-electron chi connectivity index (χ4n) is 3.75. The highest BCUT2D eigenvalue weighted by molar-refractivity contribution is 5.79. The van der Waals surface area contributed by atoms with E-state index in [1.165, 1.54) is 32.1 Å². The molecule has 6 heteroatoms. The van der Waals surface area contributed by atoms with Crippen LogP contribution in [0.4, 0.5) is 4.79 Å². The molecule has 24 heavy (non-hydrogen) atoms. The van der Waals surface area contributed by atoms with E-state index >= 15 is 0 Å².